The minimum absolute atomic E-state index is 0.0896. The van der Waals surface area contributed by atoms with Gasteiger partial charge in [0.1, 0.15) is 11.5 Å². The number of carbonyl (C=O) groups excluding carboxylic acids is 1. The van der Waals surface area contributed by atoms with Crippen molar-refractivity contribution in [2.45, 2.75) is 0 Å². The van der Waals surface area contributed by atoms with Gasteiger partial charge in [0.05, 0.1) is 11.1 Å². The molecule has 0 fully saturated rings. The molecule has 1 aliphatic rings. The lowest BCUT2D eigenvalue weighted by Gasteiger charge is -2.23. The van der Waals surface area contributed by atoms with Crippen LogP contribution in [-0.2, 0) is 7.05 Å². The molecule has 4 heteroatoms. The lowest BCUT2D eigenvalue weighted by Crippen LogP contribution is -2.20. The number of ketones is 1. The fourth-order valence-corrected chi connectivity index (χ4v) is 3.72. The standard InChI is InChI=1S/C23H15NO3/c1-24-18-11-12-19(27-14-7-3-2-4-8-14)22-21(18)17(13-20(24)25)15-9-5-6-10-16(15)23(22)26/h2-13H,1H3. The Kier molecular flexibility index (Phi) is 3.28. The molecule has 1 aliphatic carbocycles. The van der Waals surface area contributed by atoms with Crippen LogP contribution in [0.2, 0.25) is 0 Å². The molecule has 130 valence electrons. The van der Waals surface area contributed by atoms with Crippen LogP contribution in [0.15, 0.2) is 77.6 Å². The van der Waals surface area contributed by atoms with Gasteiger partial charge in [-0.15, -0.1) is 0 Å². The summed E-state index contributed by atoms with van der Waals surface area (Å²) in [4.78, 5) is 25.8. The maximum absolute atomic E-state index is 13.3. The topological polar surface area (TPSA) is 48.3 Å². The van der Waals surface area contributed by atoms with E-state index in [1.54, 1.807) is 29.8 Å². The Morgan fingerprint density at radius 2 is 1.48 bits per heavy atom. The van der Waals surface area contributed by atoms with E-state index in [1.807, 2.05) is 54.6 Å². The highest BCUT2D eigenvalue weighted by Gasteiger charge is 2.29. The molecule has 0 unspecified atom stereocenters. The van der Waals surface area contributed by atoms with E-state index < -0.39 is 0 Å². The minimum atomic E-state index is -0.107. The Morgan fingerprint density at radius 1 is 0.778 bits per heavy atom. The number of para-hydroxylation sites is 1. The van der Waals surface area contributed by atoms with E-state index >= 15 is 0 Å². The van der Waals surface area contributed by atoms with Crippen LogP contribution in [0, 0.1) is 0 Å². The van der Waals surface area contributed by atoms with Gasteiger partial charge in [0.25, 0.3) is 5.56 Å². The zero-order valence-electron chi connectivity index (χ0n) is 14.6. The Hall–Kier alpha value is -3.66. The summed E-state index contributed by atoms with van der Waals surface area (Å²) in [5, 5.41) is 0.759. The number of carbonyl (C=O) groups is 1. The van der Waals surface area contributed by atoms with Gasteiger partial charge in [-0.25, -0.2) is 0 Å². The summed E-state index contributed by atoms with van der Waals surface area (Å²) in [5.41, 5.74) is 3.26. The highest BCUT2D eigenvalue weighted by molar-refractivity contribution is 6.26. The minimum Gasteiger partial charge on any atom is -0.457 e. The third kappa shape index (κ3) is 2.23. The van der Waals surface area contributed by atoms with E-state index in [9.17, 15) is 9.59 Å². The smallest absolute Gasteiger partial charge is 0.251 e. The molecule has 0 atom stereocenters. The third-order valence-corrected chi connectivity index (χ3v) is 5.03. The van der Waals surface area contributed by atoms with E-state index in [-0.39, 0.29) is 11.3 Å². The van der Waals surface area contributed by atoms with Crippen molar-refractivity contribution in [3.63, 3.8) is 0 Å². The van der Waals surface area contributed by atoms with Crippen molar-refractivity contribution in [3.8, 4) is 22.6 Å². The van der Waals surface area contributed by atoms with Crippen LogP contribution >= 0.6 is 0 Å². The monoisotopic (exact) mass is 353 g/mol. The number of pyridine rings is 1. The summed E-state index contributed by atoms with van der Waals surface area (Å²) in [6.45, 7) is 0. The van der Waals surface area contributed by atoms with Gasteiger partial charge in [0.15, 0.2) is 5.78 Å². The number of nitrogens with zero attached hydrogens (tertiary/aromatic N) is 1. The number of hydrogen-bond acceptors (Lipinski definition) is 3. The van der Waals surface area contributed by atoms with Gasteiger partial charge in [-0.2, -0.15) is 0 Å². The average molecular weight is 353 g/mol. The van der Waals surface area contributed by atoms with Crippen LogP contribution in [0.25, 0.3) is 22.0 Å². The van der Waals surface area contributed by atoms with E-state index in [0.717, 1.165) is 22.0 Å². The molecule has 1 aromatic heterocycles. The highest BCUT2D eigenvalue weighted by Crippen LogP contribution is 2.42. The molecule has 0 saturated heterocycles. The number of aryl methyl sites for hydroxylation is 1. The number of benzene rings is 3. The second-order valence-electron chi connectivity index (χ2n) is 6.58. The number of rotatable bonds is 2. The number of ether oxygens (including phenoxy) is 1. The molecule has 1 heterocycles. The Bertz CT molecular complexity index is 1290. The summed E-state index contributed by atoms with van der Waals surface area (Å²) in [6.07, 6.45) is 0. The summed E-state index contributed by atoms with van der Waals surface area (Å²) < 4.78 is 7.61. The zero-order valence-corrected chi connectivity index (χ0v) is 14.6. The summed E-state index contributed by atoms with van der Waals surface area (Å²) in [5.74, 6) is 1.06. The van der Waals surface area contributed by atoms with Gasteiger partial charge in [-0.1, -0.05) is 42.5 Å². The van der Waals surface area contributed by atoms with E-state index in [0.29, 0.717) is 22.6 Å². The van der Waals surface area contributed by atoms with Crippen molar-refractivity contribution in [2.75, 3.05) is 0 Å². The molecule has 0 spiro atoms. The predicted octanol–water partition coefficient (Wildman–Crippen LogP) is 4.54. The first-order valence-electron chi connectivity index (χ1n) is 8.69. The highest BCUT2D eigenvalue weighted by atomic mass is 16.5. The molecule has 0 saturated carbocycles. The number of fused-ring (bicyclic) bond motifs is 2. The van der Waals surface area contributed by atoms with Crippen LogP contribution in [0.3, 0.4) is 0 Å². The van der Waals surface area contributed by atoms with Crippen LogP contribution in [0.1, 0.15) is 15.9 Å². The summed E-state index contributed by atoms with van der Waals surface area (Å²) >= 11 is 0. The Balaban J connectivity index is 1.88. The van der Waals surface area contributed by atoms with Gasteiger partial charge >= 0.3 is 0 Å². The molecule has 0 aliphatic heterocycles. The fraction of sp³-hybridized carbons (Fsp3) is 0.0435. The van der Waals surface area contributed by atoms with Crippen molar-refractivity contribution < 1.29 is 9.53 Å². The van der Waals surface area contributed by atoms with Crippen LogP contribution < -0.4 is 10.3 Å². The first-order chi connectivity index (χ1) is 13.1. The van der Waals surface area contributed by atoms with Crippen molar-refractivity contribution in [2.24, 2.45) is 7.05 Å². The maximum Gasteiger partial charge on any atom is 0.251 e. The van der Waals surface area contributed by atoms with Gasteiger partial charge in [0, 0.05) is 24.1 Å². The molecule has 0 bridgehead atoms. The van der Waals surface area contributed by atoms with E-state index in [4.69, 9.17) is 4.74 Å². The molecule has 4 nitrogen and oxygen atoms in total. The largest absolute Gasteiger partial charge is 0.457 e. The van der Waals surface area contributed by atoms with E-state index in [2.05, 4.69) is 0 Å². The number of hydrogen-bond donors (Lipinski definition) is 0. The molecule has 3 aromatic carbocycles. The predicted molar refractivity (Wildman–Crippen MR) is 105 cm³/mol. The van der Waals surface area contributed by atoms with Gasteiger partial charge in [-0.3, -0.25) is 9.59 Å². The van der Waals surface area contributed by atoms with Gasteiger partial charge in [-0.05, 0) is 35.4 Å². The molecule has 4 aromatic rings. The van der Waals surface area contributed by atoms with Gasteiger partial charge in [0.2, 0.25) is 0 Å². The van der Waals surface area contributed by atoms with E-state index in [1.165, 1.54) is 0 Å². The molecule has 0 radical (unpaired) electrons. The lowest BCUT2D eigenvalue weighted by molar-refractivity contribution is 0.103. The third-order valence-electron chi connectivity index (χ3n) is 5.03. The summed E-state index contributed by atoms with van der Waals surface area (Å²) in [6, 6.07) is 22.0. The second kappa shape index (κ2) is 5.68. The van der Waals surface area contributed by atoms with Crippen LogP contribution in [0.5, 0.6) is 11.5 Å². The normalized spacial score (nSPS) is 12.1. The second-order valence-corrected chi connectivity index (χ2v) is 6.58. The summed E-state index contributed by atoms with van der Waals surface area (Å²) in [7, 11) is 1.72. The lowest BCUT2D eigenvalue weighted by atomic mass is 9.83. The molecule has 27 heavy (non-hydrogen) atoms. The van der Waals surface area contributed by atoms with Gasteiger partial charge < -0.3 is 9.30 Å². The molecule has 5 rings (SSSR count). The SMILES string of the molecule is Cn1c(=O)cc2c3c(c(Oc4ccccc4)ccc31)C(=O)c1ccccc1-2. The molecule has 0 N–H and O–H groups in total. The fourth-order valence-electron chi connectivity index (χ4n) is 3.72. The van der Waals surface area contributed by atoms with Crippen molar-refractivity contribution in [3.05, 3.63) is 94.3 Å². The zero-order chi connectivity index (χ0) is 18.5. The molecular formula is C23H15NO3. The van der Waals surface area contributed by atoms with Crippen molar-refractivity contribution >= 4 is 16.7 Å². The Labute approximate surface area is 155 Å². The van der Waals surface area contributed by atoms with Crippen molar-refractivity contribution in [1.82, 2.24) is 4.57 Å². The van der Waals surface area contributed by atoms with Crippen molar-refractivity contribution in [1.29, 1.82) is 0 Å². The first-order valence-corrected chi connectivity index (χ1v) is 8.69. The molecular weight excluding hydrogens is 338 g/mol. The average Bonchev–Trinajstić information content (AvgIpc) is 2.70. The number of aromatic nitrogens is 1. The maximum atomic E-state index is 13.3. The Morgan fingerprint density at radius 3 is 2.26 bits per heavy atom. The quantitative estimate of drug-likeness (QED) is 0.468. The first kappa shape index (κ1) is 15.6. The van der Waals surface area contributed by atoms with Crippen LogP contribution in [0.4, 0.5) is 0 Å². The molecule has 0 amide bonds. The van der Waals surface area contributed by atoms with Crippen LogP contribution in [-0.4, -0.2) is 10.4 Å².